The van der Waals surface area contributed by atoms with Crippen LogP contribution in [0.4, 0.5) is 0 Å². The Morgan fingerprint density at radius 3 is 2.29 bits per heavy atom. The minimum atomic E-state index is 0.333. The molecule has 1 aromatic heterocycles. The van der Waals surface area contributed by atoms with Crippen LogP contribution in [-0.4, -0.2) is 19.2 Å². The first-order chi connectivity index (χ1) is 8.21. The second-order valence-electron chi connectivity index (χ2n) is 3.33. The molecule has 0 bridgehead atoms. The summed E-state index contributed by atoms with van der Waals surface area (Å²) in [7, 11) is 3.08. The molecular weight excluding hydrogens is 240 g/mol. The third-order valence-corrected chi connectivity index (χ3v) is 2.76. The van der Waals surface area contributed by atoms with Crippen LogP contribution >= 0.6 is 11.6 Å². The number of aromatic nitrogens is 1. The third-order valence-electron chi connectivity index (χ3n) is 2.46. The lowest BCUT2D eigenvalue weighted by Gasteiger charge is -2.10. The van der Waals surface area contributed by atoms with Gasteiger partial charge in [-0.05, 0) is 12.1 Å². The molecule has 0 radical (unpaired) electrons. The molecule has 2 rings (SSSR count). The van der Waals surface area contributed by atoms with Crippen LogP contribution in [0.2, 0.25) is 5.15 Å². The first kappa shape index (κ1) is 11.5. The van der Waals surface area contributed by atoms with E-state index in [1.807, 2.05) is 0 Å². The molecule has 0 atom stereocenters. The number of hydrogen-bond acceptors (Lipinski definition) is 4. The molecule has 86 valence electrons. The van der Waals surface area contributed by atoms with Crippen molar-refractivity contribution in [1.82, 2.24) is 4.98 Å². The van der Waals surface area contributed by atoms with Gasteiger partial charge in [0.05, 0.1) is 19.8 Å². The Kier molecular flexibility index (Phi) is 3.03. The largest absolute Gasteiger partial charge is 0.493 e. The number of fused-ring (bicyclic) bond motifs is 1. The van der Waals surface area contributed by atoms with E-state index in [4.69, 9.17) is 26.3 Å². The number of benzene rings is 1. The normalized spacial score (nSPS) is 10.0. The van der Waals surface area contributed by atoms with Crippen molar-refractivity contribution in [1.29, 1.82) is 5.26 Å². The Morgan fingerprint density at radius 1 is 1.18 bits per heavy atom. The van der Waals surface area contributed by atoms with Crippen molar-refractivity contribution in [3.8, 4) is 17.6 Å². The van der Waals surface area contributed by atoms with E-state index in [0.717, 1.165) is 0 Å². The van der Waals surface area contributed by atoms with E-state index < -0.39 is 0 Å². The molecule has 2 aromatic rings. The fraction of sp³-hybridized carbons (Fsp3) is 0.167. The van der Waals surface area contributed by atoms with Crippen molar-refractivity contribution >= 4 is 22.4 Å². The van der Waals surface area contributed by atoms with Gasteiger partial charge in [-0.1, -0.05) is 11.6 Å². The summed E-state index contributed by atoms with van der Waals surface area (Å²) in [5, 5.41) is 10.7. The molecular formula is C12H9ClN2O2. The quantitative estimate of drug-likeness (QED) is 0.767. The maximum absolute atomic E-state index is 9.01. The van der Waals surface area contributed by atoms with Gasteiger partial charge < -0.3 is 9.47 Å². The molecule has 1 heterocycles. The lowest BCUT2D eigenvalue weighted by molar-refractivity contribution is 0.356. The summed E-state index contributed by atoms with van der Waals surface area (Å²) < 4.78 is 10.4. The zero-order chi connectivity index (χ0) is 12.4. The lowest BCUT2D eigenvalue weighted by atomic mass is 10.1. The number of nitriles is 1. The Morgan fingerprint density at radius 2 is 1.76 bits per heavy atom. The summed E-state index contributed by atoms with van der Waals surface area (Å²) in [5.41, 5.74) is 0.449. The van der Waals surface area contributed by atoms with Crippen molar-refractivity contribution in [3.63, 3.8) is 0 Å². The van der Waals surface area contributed by atoms with Gasteiger partial charge in [-0.3, -0.25) is 0 Å². The zero-order valence-corrected chi connectivity index (χ0v) is 10.1. The first-order valence-corrected chi connectivity index (χ1v) is 5.19. The molecule has 0 saturated carbocycles. The van der Waals surface area contributed by atoms with E-state index in [2.05, 4.69) is 11.1 Å². The van der Waals surface area contributed by atoms with Crippen molar-refractivity contribution in [2.75, 3.05) is 14.2 Å². The Hall–Kier alpha value is -1.99. The molecule has 0 saturated heterocycles. The van der Waals surface area contributed by atoms with Crippen LogP contribution in [0.5, 0.6) is 11.5 Å². The van der Waals surface area contributed by atoms with Crippen LogP contribution < -0.4 is 9.47 Å². The monoisotopic (exact) mass is 248 g/mol. The molecule has 5 heteroatoms. The Labute approximate surface area is 103 Å². The molecule has 0 spiro atoms. The van der Waals surface area contributed by atoms with Gasteiger partial charge in [-0.2, -0.15) is 5.26 Å². The minimum absolute atomic E-state index is 0.333. The van der Waals surface area contributed by atoms with Gasteiger partial charge in [-0.15, -0.1) is 0 Å². The maximum atomic E-state index is 9.01. The SMILES string of the molecule is COc1cc2c(C#N)cnc(Cl)c2cc1OC. The molecule has 0 amide bonds. The molecule has 17 heavy (non-hydrogen) atoms. The van der Waals surface area contributed by atoms with E-state index in [9.17, 15) is 0 Å². The van der Waals surface area contributed by atoms with Crippen molar-refractivity contribution in [3.05, 3.63) is 29.0 Å². The Bertz CT molecular complexity index is 620. The molecule has 0 N–H and O–H groups in total. The minimum Gasteiger partial charge on any atom is -0.493 e. The fourth-order valence-electron chi connectivity index (χ4n) is 1.62. The number of pyridine rings is 1. The average molecular weight is 249 g/mol. The molecule has 4 nitrogen and oxygen atoms in total. The second-order valence-corrected chi connectivity index (χ2v) is 3.69. The second kappa shape index (κ2) is 4.48. The number of ether oxygens (including phenoxy) is 2. The standard InChI is InChI=1S/C12H9ClN2O2/c1-16-10-3-8-7(5-14)6-15-12(13)9(8)4-11(10)17-2/h3-4,6H,1-2H3. The van der Waals surface area contributed by atoms with Crippen molar-refractivity contribution in [2.45, 2.75) is 0 Å². The summed E-state index contributed by atoms with van der Waals surface area (Å²) in [6, 6.07) is 5.50. The molecule has 0 aliphatic heterocycles. The van der Waals surface area contributed by atoms with Crippen molar-refractivity contribution < 1.29 is 9.47 Å². The summed E-state index contributed by atoms with van der Waals surface area (Å²) in [4.78, 5) is 3.96. The van der Waals surface area contributed by atoms with Gasteiger partial charge in [0.2, 0.25) is 0 Å². The van der Waals surface area contributed by atoms with E-state index in [0.29, 0.717) is 33.0 Å². The van der Waals surface area contributed by atoms with Gasteiger partial charge in [0.15, 0.2) is 11.5 Å². The van der Waals surface area contributed by atoms with Crippen LogP contribution in [0.15, 0.2) is 18.3 Å². The van der Waals surface area contributed by atoms with E-state index in [1.54, 1.807) is 26.4 Å². The third kappa shape index (κ3) is 1.85. The topological polar surface area (TPSA) is 55.1 Å². The highest BCUT2D eigenvalue weighted by molar-refractivity contribution is 6.34. The van der Waals surface area contributed by atoms with Gasteiger partial charge in [0.1, 0.15) is 11.2 Å². The zero-order valence-electron chi connectivity index (χ0n) is 9.32. The lowest BCUT2D eigenvalue weighted by Crippen LogP contribution is -1.93. The smallest absolute Gasteiger partial charge is 0.161 e. The van der Waals surface area contributed by atoms with Crippen LogP contribution in [0.3, 0.4) is 0 Å². The summed E-state index contributed by atoms with van der Waals surface area (Å²) >= 11 is 5.99. The van der Waals surface area contributed by atoms with Crippen LogP contribution in [0.1, 0.15) is 5.56 Å². The highest BCUT2D eigenvalue weighted by atomic mass is 35.5. The maximum Gasteiger partial charge on any atom is 0.161 e. The highest BCUT2D eigenvalue weighted by Gasteiger charge is 2.11. The van der Waals surface area contributed by atoms with Crippen molar-refractivity contribution in [2.24, 2.45) is 0 Å². The van der Waals surface area contributed by atoms with Crippen LogP contribution in [0.25, 0.3) is 10.8 Å². The predicted octanol–water partition coefficient (Wildman–Crippen LogP) is 2.78. The fourth-order valence-corrected chi connectivity index (χ4v) is 1.83. The van der Waals surface area contributed by atoms with Gasteiger partial charge in [-0.25, -0.2) is 4.98 Å². The van der Waals surface area contributed by atoms with Gasteiger partial charge >= 0.3 is 0 Å². The van der Waals surface area contributed by atoms with Crippen LogP contribution in [0, 0.1) is 11.3 Å². The number of halogens is 1. The van der Waals surface area contributed by atoms with Gasteiger partial charge in [0, 0.05) is 17.0 Å². The Balaban J connectivity index is 2.87. The van der Waals surface area contributed by atoms with Crippen LogP contribution in [-0.2, 0) is 0 Å². The molecule has 0 aliphatic rings. The predicted molar refractivity (Wildman–Crippen MR) is 64.6 cm³/mol. The number of methoxy groups -OCH3 is 2. The summed E-state index contributed by atoms with van der Waals surface area (Å²) in [6.07, 6.45) is 1.44. The average Bonchev–Trinajstić information content (AvgIpc) is 2.38. The molecule has 1 aromatic carbocycles. The van der Waals surface area contributed by atoms with E-state index in [-0.39, 0.29) is 0 Å². The number of rotatable bonds is 2. The molecule has 0 unspecified atom stereocenters. The number of nitrogens with zero attached hydrogens (tertiary/aromatic N) is 2. The summed E-state index contributed by atoms with van der Waals surface area (Å²) in [6.45, 7) is 0. The summed E-state index contributed by atoms with van der Waals surface area (Å²) in [5.74, 6) is 1.11. The molecule has 0 aliphatic carbocycles. The van der Waals surface area contributed by atoms with E-state index >= 15 is 0 Å². The highest BCUT2D eigenvalue weighted by Crippen LogP contribution is 2.35. The number of hydrogen-bond donors (Lipinski definition) is 0. The molecule has 0 fully saturated rings. The first-order valence-electron chi connectivity index (χ1n) is 4.81. The van der Waals surface area contributed by atoms with Gasteiger partial charge in [0.25, 0.3) is 0 Å². The van der Waals surface area contributed by atoms with E-state index in [1.165, 1.54) is 6.20 Å².